The van der Waals surface area contributed by atoms with E-state index in [9.17, 15) is 13.2 Å². The Labute approximate surface area is 223 Å². The topological polar surface area (TPSA) is 129 Å². The van der Waals surface area contributed by atoms with Gasteiger partial charge >= 0.3 is 6.09 Å². The van der Waals surface area contributed by atoms with Crippen molar-refractivity contribution in [2.24, 2.45) is 5.92 Å². The van der Waals surface area contributed by atoms with Crippen LogP contribution in [-0.4, -0.2) is 75.8 Å². The van der Waals surface area contributed by atoms with E-state index in [1.54, 1.807) is 12.1 Å². The molecule has 0 radical (unpaired) electrons. The molecule has 2 aromatic carbocycles. The minimum atomic E-state index is -3.79. The summed E-state index contributed by atoms with van der Waals surface area (Å²) in [5, 5.41) is 2.99. The summed E-state index contributed by atoms with van der Waals surface area (Å²) in [5.41, 5.74) is 7.23. The van der Waals surface area contributed by atoms with E-state index in [4.69, 9.17) is 24.7 Å². The zero-order chi connectivity index (χ0) is 26.7. The molecule has 10 nitrogen and oxygen atoms in total. The third-order valence-electron chi connectivity index (χ3n) is 7.34. The van der Waals surface area contributed by atoms with Crippen LogP contribution < -0.4 is 11.1 Å². The number of nitrogens with one attached hydrogen (secondary N) is 1. The molecular formula is C27H35N3O7S. The molecule has 11 heteroatoms. The van der Waals surface area contributed by atoms with Crippen LogP contribution in [0.15, 0.2) is 59.5 Å². The van der Waals surface area contributed by atoms with Crippen molar-refractivity contribution in [3.63, 3.8) is 0 Å². The Bertz CT molecular complexity index is 1190. The van der Waals surface area contributed by atoms with E-state index >= 15 is 0 Å². The Morgan fingerprint density at radius 1 is 1.13 bits per heavy atom. The van der Waals surface area contributed by atoms with Gasteiger partial charge in [-0.2, -0.15) is 4.31 Å². The second-order valence-electron chi connectivity index (χ2n) is 10.2. The number of alkyl carbamates (subject to hydrolysis) is 1. The minimum absolute atomic E-state index is 0.0863. The molecule has 0 saturated carbocycles. The van der Waals surface area contributed by atoms with Gasteiger partial charge in [0.1, 0.15) is 6.10 Å². The normalized spacial score (nSPS) is 28.8. The summed E-state index contributed by atoms with van der Waals surface area (Å²) in [5.74, 6) is 0.187. The molecular weight excluding hydrogens is 510 g/mol. The Kier molecular flexibility index (Phi) is 8.20. The van der Waals surface area contributed by atoms with Crippen molar-refractivity contribution < 1.29 is 32.2 Å². The number of carbonyl (C=O) groups excluding carboxylic acids is 1. The predicted octanol–water partition coefficient (Wildman–Crippen LogP) is 2.54. The number of amides is 1. The first-order chi connectivity index (χ1) is 18.3. The number of benzene rings is 2. The highest BCUT2D eigenvalue weighted by molar-refractivity contribution is 7.89. The first kappa shape index (κ1) is 26.9. The molecule has 5 rings (SSSR count). The maximum Gasteiger partial charge on any atom is 0.407 e. The molecule has 3 fully saturated rings. The van der Waals surface area contributed by atoms with Crippen LogP contribution in [0.4, 0.5) is 10.5 Å². The maximum absolute atomic E-state index is 13.5. The fourth-order valence-corrected chi connectivity index (χ4v) is 6.85. The van der Waals surface area contributed by atoms with Crippen molar-refractivity contribution >= 4 is 21.8 Å². The molecule has 3 N–H and O–H groups in total. The molecule has 0 aliphatic carbocycles. The molecule has 3 heterocycles. The maximum atomic E-state index is 13.5. The lowest BCUT2D eigenvalue weighted by Gasteiger charge is -2.41. The smallest absolute Gasteiger partial charge is 0.407 e. The number of nitrogen functional groups attached to an aromatic ring is 1. The molecule has 6 atom stereocenters. The van der Waals surface area contributed by atoms with E-state index in [2.05, 4.69) is 5.32 Å². The Morgan fingerprint density at radius 2 is 1.89 bits per heavy atom. The Balaban J connectivity index is 1.32. The van der Waals surface area contributed by atoms with Gasteiger partial charge in [-0.05, 0) is 49.6 Å². The van der Waals surface area contributed by atoms with Crippen LogP contribution in [0.2, 0.25) is 0 Å². The molecule has 0 aromatic heterocycles. The fraction of sp³-hybridized carbons (Fsp3) is 0.519. The summed E-state index contributed by atoms with van der Waals surface area (Å²) < 4.78 is 51.5. The van der Waals surface area contributed by atoms with Crippen LogP contribution in [0.3, 0.4) is 0 Å². The van der Waals surface area contributed by atoms with E-state index in [-0.39, 0.29) is 49.0 Å². The van der Waals surface area contributed by atoms with E-state index < -0.39 is 28.3 Å². The van der Waals surface area contributed by atoms with Crippen LogP contribution in [0.1, 0.15) is 25.3 Å². The van der Waals surface area contributed by atoms with Crippen LogP contribution >= 0.6 is 0 Å². The molecule has 38 heavy (non-hydrogen) atoms. The highest BCUT2D eigenvalue weighted by atomic mass is 32.2. The van der Waals surface area contributed by atoms with Gasteiger partial charge in [0.15, 0.2) is 6.29 Å². The number of morpholine rings is 1. The lowest BCUT2D eigenvalue weighted by atomic mass is 9.91. The zero-order valence-corrected chi connectivity index (χ0v) is 22.2. The van der Waals surface area contributed by atoms with Crippen molar-refractivity contribution in [2.45, 2.75) is 61.7 Å². The number of carbonyl (C=O) groups is 1. The first-order valence-corrected chi connectivity index (χ1v) is 14.5. The second kappa shape index (κ2) is 11.6. The molecule has 1 amide bonds. The Morgan fingerprint density at radius 3 is 2.66 bits per heavy atom. The number of sulfonamides is 1. The van der Waals surface area contributed by atoms with Gasteiger partial charge in [0, 0.05) is 31.1 Å². The largest absolute Gasteiger partial charge is 0.443 e. The van der Waals surface area contributed by atoms with Gasteiger partial charge in [-0.3, -0.25) is 0 Å². The van der Waals surface area contributed by atoms with Gasteiger partial charge in [-0.25, -0.2) is 13.2 Å². The van der Waals surface area contributed by atoms with Gasteiger partial charge in [0.05, 0.1) is 36.4 Å². The highest BCUT2D eigenvalue weighted by Gasteiger charge is 2.40. The minimum Gasteiger partial charge on any atom is -0.443 e. The molecule has 2 bridgehead atoms. The van der Waals surface area contributed by atoms with Gasteiger partial charge in [0.25, 0.3) is 0 Å². The summed E-state index contributed by atoms with van der Waals surface area (Å²) in [7, 11) is -3.79. The molecule has 2 aromatic rings. The van der Waals surface area contributed by atoms with E-state index in [1.165, 1.54) is 16.4 Å². The summed E-state index contributed by atoms with van der Waals surface area (Å²) in [6, 6.07) is 15.3. The average molecular weight is 546 g/mol. The number of nitrogens with zero attached hydrogens (tertiary/aromatic N) is 1. The SMILES string of the molecule is CC1CN(S(=O)(=O)c2ccc(N)cc2)C[C@H]([C@H](Cc2ccccc2)NC(=O)O[C@H]2CO[C@H]3C[C@H]2CCO3)O1. The number of hydrogen-bond acceptors (Lipinski definition) is 8. The van der Waals surface area contributed by atoms with Gasteiger partial charge in [-0.15, -0.1) is 0 Å². The van der Waals surface area contributed by atoms with Crippen molar-refractivity contribution in [3.05, 3.63) is 60.2 Å². The van der Waals surface area contributed by atoms with Crippen molar-refractivity contribution in [2.75, 3.05) is 32.0 Å². The monoisotopic (exact) mass is 545 g/mol. The van der Waals surface area contributed by atoms with Gasteiger partial charge in [0.2, 0.25) is 10.0 Å². The molecule has 3 aliphatic rings. The number of rotatable bonds is 7. The first-order valence-electron chi connectivity index (χ1n) is 13.0. The summed E-state index contributed by atoms with van der Waals surface area (Å²) in [6.07, 6.45) is -0.166. The van der Waals surface area contributed by atoms with Crippen LogP contribution in [0.5, 0.6) is 0 Å². The van der Waals surface area contributed by atoms with Crippen LogP contribution in [-0.2, 0) is 35.4 Å². The van der Waals surface area contributed by atoms with Crippen molar-refractivity contribution in [1.82, 2.24) is 9.62 Å². The number of anilines is 1. The summed E-state index contributed by atoms with van der Waals surface area (Å²) in [6.45, 7) is 2.99. The third kappa shape index (κ3) is 6.29. The van der Waals surface area contributed by atoms with E-state index in [0.29, 0.717) is 25.1 Å². The van der Waals surface area contributed by atoms with E-state index in [0.717, 1.165) is 12.0 Å². The van der Waals surface area contributed by atoms with Gasteiger partial charge < -0.3 is 30.0 Å². The third-order valence-corrected chi connectivity index (χ3v) is 9.18. The lowest BCUT2D eigenvalue weighted by Crippen LogP contribution is -2.58. The van der Waals surface area contributed by atoms with Crippen molar-refractivity contribution in [3.8, 4) is 0 Å². The van der Waals surface area contributed by atoms with E-state index in [1.807, 2.05) is 37.3 Å². The standard InChI is InChI=1S/C27H35N3O7S/c1-18-15-30(38(32,33)22-9-7-21(28)8-10-22)16-24(36-18)23(13-19-5-3-2-4-6-19)29-27(31)37-25-17-35-26-14-20(25)11-12-34-26/h2-10,18,20,23-26H,11-17,28H2,1H3,(H,29,31)/t18?,20-,23+,24-,25+,26+/m1/s1. The summed E-state index contributed by atoms with van der Waals surface area (Å²) in [4.78, 5) is 13.3. The lowest BCUT2D eigenvalue weighted by molar-refractivity contribution is -0.231. The predicted molar refractivity (Wildman–Crippen MR) is 140 cm³/mol. The number of fused-ring (bicyclic) bond motifs is 2. The Hall–Kier alpha value is -2.70. The van der Waals surface area contributed by atoms with Crippen LogP contribution in [0.25, 0.3) is 0 Å². The van der Waals surface area contributed by atoms with Crippen molar-refractivity contribution in [1.29, 1.82) is 0 Å². The fourth-order valence-electron chi connectivity index (χ4n) is 5.33. The average Bonchev–Trinajstić information content (AvgIpc) is 2.91. The molecule has 206 valence electrons. The number of ether oxygens (including phenoxy) is 4. The molecule has 3 saturated heterocycles. The summed E-state index contributed by atoms with van der Waals surface area (Å²) >= 11 is 0. The zero-order valence-electron chi connectivity index (χ0n) is 21.4. The second-order valence-corrected chi connectivity index (χ2v) is 12.1. The quantitative estimate of drug-likeness (QED) is 0.508. The molecule has 1 unspecified atom stereocenters. The molecule has 0 spiro atoms. The molecule has 3 aliphatic heterocycles. The van der Waals surface area contributed by atoms with Gasteiger partial charge in [-0.1, -0.05) is 30.3 Å². The number of hydrogen-bond donors (Lipinski definition) is 2. The van der Waals surface area contributed by atoms with Crippen LogP contribution in [0, 0.1) is 5.92 Å². The highest BCUT2D eigenvalue weighted by Crippen LogP contribution is 2.31. The number of nitrogens with two attached hydrogens (primary N) is 1.